The molecule has 0 aliphatic rings. The molecular formula is C15H14FN3O. The molecular weight excluding hydrogens is 257 g/mol. The van der Waals surface area contributed by atoms with E-state index < -0.39 is 5.82 Å². The van der Waals surface area contributed by atoms with Gasteiger partial charge in [-0.25, -0.2) is 9.37 Å². The summed E-state index contributed by atoms with van der Waals surface area (Å²) in [7, 11) is 1.43. The maximum absolute atomic E-state index is 13.8. The van der Waals surface area contributed by atoms with Crippen molar-refractivity contribution in [1.29, 1.82) is 0 Å². The van der Waals surface area contributed by atoms with Gasteiger partial charge < -0.3 is 10.5 Å². The first-order valence-corrected chi connectivity index (χ1v) is 6.18. The number of fused-ring (bicyclic) bond motifs is 1. The van der Waals surface area contributed by atoms with Gasteiger partial charge in [0.05, 0.1) is 7.11 Å². The van der Waals surface area contributed by atoms with E-state index in [0.29, 0.717) is 17.1 Å². The Morgan fingerprint density at radius 1 is 1.25 bits per heavy atom. The second-order valence-electron chi connectivity index (χ2n) is 4.63. The Balaban J connectivity index is 2.19. The molecule has 1 aromatic carbocycles. The molecule has 0 unspecified atom stereocenters. The van der Waals surface area contributed by atoms with Gasteiger partial charge in [0.25, 0.3) is 0 Å². The smallest absolute Gasteiger partial charge is 0.165 e. The third-order valence-corrected chi connectivity index (χ3v) is 3.24. The van der Waals surface area contributed by atoms with Crippen LogP contribution < -0.4 is 10.5 Å². The van der Waals surface area contributed by atoms with Crippen molar-refractivity contribution in [3.63, 3.8) is 0 Å². The molecule has 0 radical (unpaired) electrons. The van der Waals surface area contributed by atoms with Crippen LogP contribution in [0, 0.1) is 12.7 Å². The Kier molecular flexibility index (Phi) is 2.82. The Hall–Kier alpha value is -2.56. The highest BCUT2D eigenvalue weighted by atomic mass is 19.1. The van der Waals surface area contributed by atoms with Gasteiger partial charge in [0.2, 0.25) is 0 Å². The summed E-state index contributed by atoms with van der Waals surface area (Å²) in [4.78, 5) is 4.47. The fourth-order valence-corrected chi connectivity index (χ4v) is 2.19. The zero-order chi connectivity index (χ0) is 14.3. The van der Waals surface area contributed by atoms with Crippen molar-refractivity contribution in [1.82, 2.24) is 9.38 Å². The quantitative estimate of drug-likeness (QED) is 0.779. The third-order valence-electron chi connectivity index (χ3n) is 3.24. The van der Waals surface area contributed by atoms with Crippen molar-refractivity contribution >= 4 is 11.5 Å². The van der Waals surface area contributed by atoms with Crippen LogP contribution in [0.3, 0.4) is 0 Å². The van der Waals surface area contributed by atoms with Crippen molar-refractivity contribution in [3.05, 3.63) is 47.9 Å². The monoisotopic (exact) mass is 271 g/mol. The molecule has 2 N–H and O–H groups in total. The number of hydrogen-bond donors (Lipinski definition) is 1. The summed E-state index contributed by atoms with van der Waals surface area (Å²) in [6.45, 7) is 1.98. The fourth-order valence-electron chi connectivity index (χ4n) is 2.19. The lowest BCUT2D eigenvalue weighted by molar-refractivity contribution is 0.386. The van der Waals surface area contributed by atoms with Gasteiger partial charge in [-0.1, -0.05) is 0 Å². The van der Waals surface area contributed by atoms with E-state index >= 15 is 0 Å². The average Bonchev–Trinajstić information content (AvgIpc) is 2.75. The number of benzene rings is 1. The topological polar surface area (TPSA) is 52.5 Å². The average molecular weight is 271 g/mol. The van der Waals surface area contributed by atoms with Crippen molar-refractivity contribution < 1.29 is 9.13 Å². The van der Waals surface area contributed by atoms with Gasteiger partial charge in [0.1, 0.15) is 17.2 Å². The number of hydrogen-bond acceptors (Lipinski definition) is 3. The molecule has 2 aromatic heterocycles. The summed E-state index contributed by atoms with van der Waals surface area (Å²) in [6, 6.07) is 8.57. The zero-order valence-corrected chi connectivity index (χ0v) is 11.2. The Bertz CT molecular complexity index is 795. The number of aromatic nitrogens is 2. The van der Waals surface area contributed by atoms with E-state index in [1.807, 2.05) is 25.3 Å². The summed E-state index contributed by atoms with van der Waals surface area (Å²) in [6.07, 6.45) is 1.86. The normalized spacial score (nSPS) is 10.9. The van der Waals surface area contributed by atoms with Crippen LogP contribution in [0.25, 0.3) is 16.9 Å². The summed E-state index contributed by atoms with van der Waals surface area (Å²) in [5, 5.41) is 0. The van der Waals surface area contributed by atoms with Crippen molar-refractivity contribution in [3.8, 4) is 17.0 Å². The van der Waals surface area contributed by atoms with Crippen molar-refractivity contribution in [2.24, 2.45) is 0 Å². The number of anilines is 1. The number of imidazole rings is 1. The molecule has 102 valence electrons. The number of ether oxygens (including phenoxy) is 1. The first kappa shape index (κ1) is 12.5. The number of nitrogens with zero attached hydrogens (tertiary/aromatic N) is 2. The molecule has 5 heteroatoms. The minimum Gasteiger partial charge on any atom is -0.494 e. The molecule has 0 aliphatic heterocycles. The largest absolute Gasteiger partial charge is 0.494 e. The van der Waals surface area contributed by atoms with E-state index in [1.165, 1.54) is 13.2 Å². The molecule has 3 rings (SSSR count). The van der Waals surface area contributed by atoms with Gasteiger partial charge in [-0.2, -0.15) is 0 Å². The highest BCUT2D eigenvalue weighted by Crippen LogP contribution is 2.29. The predicted octanol–water partition coefficient (Wildman–Crippen LogP) is 3.04. The van der Waals surface area contributed by atoms with Crippen LogP contribution in [0.2, 0.25) is 0 Å². The van der Waals surface area contributed by atoms with Gasteiger partial charge >= 0.3 is 0 Å². The Morgan fingerprint density at radius 2 is 2.05 bits per heavy atom. The molecule has 0 fully saturated rings. The molecule has 0 amide bonds. The SMILES string of the molecule is COc1ccc(-c2nc3cc(C)ccn3c2N)cc1F. The van der Waals surface area contributed by atoms with Crippen LogP contribution in [-0.4, -0.2) is 16.5 Å². The second-order valence-corrected chi connectivity index (χ2v) is 4.63. The van der Waals surface area contributed by atoms with E-state index in [2.05, 4.69) is 4.98 Å². The lowest BCUT2D eigenvalue weighted by Gasteiger charge is -2.04. The van der Waals surface area contributed by atoms with Gasteiger partial charge in [0.15, 0.2) is 11.6 Å². The number of nitrogens with two attached hydrogens (primary N) is 1. The fraction of sp³-hybridized carbons (Fsp3) is 0.133. The van der Waals surface area contributed by atoms with E-state index in [1.54, 1.807) is 16.5 Å². The summed E-state index contributed by atoms with van der Waals surface area (Å²) in [5.74, 6) is 0.258. The number of methoxy groups -OCH3 is 1. The molecule has 0 saturated heterocycles. The van der Waals surface area contributed by atoms with Crippen molar-refractivity contribution in [2.75, 3.05) is 12.8 Å². The van der Waals surface area contributed by atoms with E-state index in [9.17, 15) is 4.39 Å². The molecule has 0 aliphatic carbocycles. The lowest BCUT2D eigenvalue weighted by atomic mass is 10.1. The number of rotatable bonds is 2. The van der Waals surface area contributed by atoms with Crippen LogP contribution in [0.1, 0.15) is 5.56 Å². The van der Waals surface area contributed by atoms with Crippen LogP contribution in [-0.2, 0) is 0 Å². The van der Waals surface area contributed by atoms with Gasteiger partial charge in [0, 0.05) is 11.8 Å². The third kappa shape index (κ3) is 1.87. The number of aryl methyl sites for hydroxylation is 1. The van der Waals surface area contributed by atoms with Gasteiger partial charge in [-0.3, -0.25) is 4.40 Å². The zero-order valence-electron chi connectivity index (χ0n) is 11.2. The lowest BCUT2D eigenvalue weighted by Crippen LogP contribution is -1.94. The summed E-state index contributed by atoms with van der Waals surface area (Å²) >= 11 is 0. The minimum atomic E-state index is -0.433. The number of halogens is 1. The molecule has 3 aromatic rings. The standard InChI is InChI=1S/C15H14FN3O/c1-9-5-6-19-13(7-9)18-14(15(19)17)10-3-4-12(20-2)11(16)8-10/h3-8H,17H2,1-2H3. The summed E-state index contributed by atoms with van der Waals surface area (Å²) in [5.41, 5.74) is 9.12. The second kappa shape index (κ2) is 4.52. The summed E-state index contributed by atoms with van der Waals surface area (Å²) < 4.78 is 20.5. The van der Waals surface area contributed by atoms with Crippen LogP contribution in [0.5, 0.6) is 5.75 Å². The van der Waals surface area contributed by atoms with Crippen LogP contribution >= 0.6 is 0 Å². The molecule has 0 bridgehead atoms. The minimum absolute atomic E-state index is 0.201. The molecule has 4 nitrogen and oxygen atoms in total. The Morgan fingerprint density at radius 3 is 2.75 bits per heavy atom. The predicted molar refractivity (Wildman–Crippen MR) is 76.3 cm³/mol. The molecule has 20 heavy (non-hydrogen) atoms. The molecule has 0 atom stereocenters. The van der Waals surface area contributed by atoms with Crippen LogP contribution in [0.4, 0.5) is 10.2 Å². The maximum Gasteiger partial charge on any atom is 0.165 e. The Labute approximate surface area is 115 Å². The molecule has 2 heterocycles. The van der Waals surface area contributed by atoms with E-state index in [0.717, 1.165) is 11.2 Å². The van der Waals surface area contributed by atoms with Gasteiger partial charge in [-0.05, 0) is 42.8 Å². The number of nitrogen functional groups attached to an aromatic ring is 1. The van der Waals surface area contributed by atoms with Crippen LogP contribution in [0.15, 0.2) is 36.5 Å². The maximum atomic E-state index is 13.8. The van der Waals surface area contributed by atoms with E-state index in [4.69, 9.17) is 10.5 Å². The number of pyridine rings is 1. The highest BCUT2D eigenvalue weighted by Gasteiger charge is 2.13. The molecule has 0 spiro atoms. The highest BCUT2D eigenvalue weighted by molar-refractivity contribution is 5.75. The van der Waals surface area contributed by atoms with Crippen molar-refractivity contribution in [2.45, 2.75) is 6.92 Å². The van der Waals surface area contributed by atoms with Gasteiger partial charge in [-0.15, -0.1) is 0 Å². The molecule has 0 saturated carbocycles. The first-order chi connectivity index (χ1) is 9.60. The first-order valence-electron chi connectivity index (χ1n) is 6.18. The van der Waals surface area contributed by atoms with E-state index in [-0.39, 0.29) is 5.75 Å².